The van der Waals surface area contributed by atoms with E-state index < -0.39 is 12.1 Å². The van der Waals surface area contributed by atoms with Gasteiger partial charge in [-0.1, -0.05) is 23.2 Å². The molecule has 3 heterocycles. The molecule has 260 valence electrons. The van der Waals surface area contributed by atoms with Gasteiger partial charge < -0.3 is 30.1 Å². The number of carboxylic acids is 1. The first-order valence-corrected chi connectivity index (χ1v) is 17.0. The molecule has 14 heteroatoms. The number of nitrogens with zero attached hydrogens (tertiary/aromatic N) is 5. The second kappa shape index (κ2) is 19.3. The number of methoxy groups -OCH3 is 1. The van der Waals surface area contributed by atoms with Crippen LogP contribution in [0.4, 0.5) is 4.79 Å². The van der Waals surface area contributed by atoms with E-state index in [0.29, 0.717) is 66.0 Å². The molecule has 2 aliphatic heterocycles. The highest BCUT2D eigenvalue weighted by atomic mass is 35.5. The largest absolute Gasteiger partial charge is 0.481 e. The lowest BCUT2D eigenvalue weighted by atomic mass is 9.96. The number of aliphatic imine (C=N–C) groups is 2. The third-order valence-corrected chi connectivity index (χ3v) is 8.81. The second-order valence-electron chi connectivity index (χ2n) is 12.1. The molecule has 0 spiro atoms. The molecule has 1 aromatic carbocycles. The van der Waals surface area contributed by atoms with Gasteiger partial charge in [0.1, 0.15) is 0 Å². The maximum absolute atomic E-state index is 11.5. The number of rotatable bonds is 11. The van der Waals surface area contributed by atoms with Gasteiger partial charge in [0, 0.05) is 60.1 Å². The number of likely N-dealkylation sites (tertiary alicyclic amines) is 1. The molecule has 12 nitrogen and oxygen atoms in total. The van der Waals surface area contributed by atoms with Gasteiger partial charge in [-0.25, -0.2) is 9.78 Å². The molecular weight excluding hydrogens is 657 g/mol. The van der Waals surface area contributed by atoms with Gasteiger partial charge in [-0.2, -0.15) is 0 Å². The molecule has 48 heavy (non-hydrogen) atoms. The molecule has 0 aliphatic carbocycles. The van der Waals surface area contributed by atoms with Gasteiger partial charge in [0.15, 0.2) is 5.76 Å². The number of nitrogens with one attached hydrogen (secondary N) is 2. The Morgan fingerprint density at radius 2 is 1.85 bits per heavy atom. The number of allylic oxidation sites excluding steroid dienone is 1. The normalized spacial score (nSPS) is 18.2. The molecule has 2 aliphatic rings. The summed E-state index contributed by atoms with van der Waals surface area (Å²) < 4.78 is 11.0. The fourth-order valence-corrected chi connectivity index (χ4v) is 6.19. The van der Waals surface area contributed by atoms with E-state index in [1.54, 1.807) is 24.8 Å². The number of pyridine rings is 1. The van der Waals surface area contributed by atoms with E-state index in [1.807, 2.05) is 31.3 Å². The van der Waals surface area contributed by atoms with Crippen LogP contribution in [0.2, 0.25) is 10.0 Å². The van der Waals surface area contributed by atoms with Gasteiger partial charge >= 0.3 is 12.1 Å². The molecular formula is C34H45Cl2N7O5. The van der Waals surface area contributed by atoms with Crippen molar-refractivity contribution < 1.29 is 24.2 Å². The highest BCUT2D eigenvalue weighted by Crippen LogP contribution is 2.30. The van der Waals surface area contributed by atoms with Gasteiger partial charge in [-0.05, 0) is 88.0 Å². The number of amides is 1. The van der Waals surface area contributed by atoms with Crippen LogP contribution in [0.1, 0.15) is 44.1 Å². The Hall–Kier alpha value is -3.71. The quantitative estimate of drug-likeness (QED) is 0.277. The van der Waals surface area contributed by atoms with Crippen LogP contribution in [0, 0.1) is 5.92 Å². The fourth-order valence-electron chi connectivity index (χ4n) is 5.66. The van der Waals surface area contributed by atoms with E-state index >= 15 is 0 Å². The molecule has 2 aromatic rings. The van der Waals surface area contributed by atoms with Crippen LogP contribution in [-0.4, -0.2) is 104 Å². The Morgan fingerprint density at radius 1 is 1.08 bits per heavy atom. The van der Waals surface area contributed by atoms with E-state index in [-0.39, 0.29) is 12.5 Å². The van der Waals surface area contributed by atoms with Crippen LogP contribution in [0.3, 0.4) is 0 Å². The summed E-state index contributed by atoms with van der Waals surface area (Å²) in [6, 6.07) is 9.44. The fraction of sp³-hybridized carbons (Fsp3) is 0.500. The minimum atomic E-state index is -0.807. The van der Waals surface area contributed by atoms with E-state index in [2.05, 4.69) is 30.4 Å². The number of aromatic nitrogens is 1. The van der Waals surface area contributed by atoms with Crippen molar-refractivity contribution in [3.63, 3.8) is 0 Å². The molecule has 0 saturated carbocycles. The Morgan fingerprint density at radius 3 is 2.58 bits per heavy atom. The number of likely N-dealkylation sites (N-methyl/N-ethyl adjacent to an activating group) is 1. The monoisotopic (exact) mass is 701 g/mol. The van der Waals surface area contributed by atoms with Crippen LogP contribution >= 0.6 is 23.2 Å². The van der Waals surface area contributed by atoms with Crippen LogP contribution in [0.25, 0.3) is 11.3 Å². The lowest BCUT2D eigenvalue weighted by Gasteiger charge is -2.32. The number of ether oxygens (including phenoxy) is 2. The number of carbonyl (C=O) groups is 2. The van der Waals surface area contributed by atoms with Crippen LogP contribution in [0.15, 0.2) is 52.3 Å². The first kappa shape index (κ1) is 37.1. The second-order valence-corrected chi connectivity index (χ2v) is 12.9. The zero-order chi connectivity index (χ0) is 34.3. The number of benzene rings is 1. The maximum Gasteiger partial charge on any atom is 0.406 e. The van der Waals surface area contributed by atoms with Crippen molar-refractivity contribution in [2.24, 2.45) is 15.9 Å². The summed E-state index contributed by atoms with van der Waals surface area (Å²) in [5.41, 5.74) is 2.48. The molecule has 1 atom stereocenters. The van der Waals surface area contributed by atoms with Gasteiger partial charge in [-0.3, -0.25) is 19.7 Å². The number of carbonyl (C=O) groups excluding carboxylic acids is 1. The molecule has 1 amide bonds. The first-order chi connectivity index (χ1) is 23.2. The minimum absolute atomic E-state index is 0.0959. The van der Waals surface area contributed by atoms with Crippen molar-refractivity contribution in [3.05, 3.63) is 57.9 Å². The average molecular weight is 703 g/mol. The standard InChI is InChI=1S/C34H45Cl2N7O5/c1-42(10-8-33(44)45)29-5-3-4-9-37-20-30(21-39-23-38-19-29)48-32-14-25(13-31(41-32)26-15-27(35)17-28(36)16-26)22-43-11-6-24(7-12-43)18-40-34(46)47-2/h13-17,20-21,23-24,29H,3-12,18-19,22H2,1-2H3,(H,38,39)(H,40,46)(H,44,45). The molecule has 1 fully saturated rings. The molecule has 1 aromatic heterocycles. The SMILES string of the molecule is COC(=O)NCC1CCN(Cc2cc(OC3=CNC=NCC(N(C)CCC(=O)O)CCCCN=C3)nc(-c3cc(Cl)cc(Cl)c3)c2)CC1. The number of aliphatic carboxylic acids is 1. The van der Waals surface area contributed by atoms with Crippen molar-refractivity contribution in [1.82, 2.24) is 25.4 Å². The van der Waals surface area contributed by atoms with Gasteiger partial charge in [-0.15, -0.1) is 0 Å². The topological polar surface area (TPSA) is 141 Å². The van der Waals surface area contributed by atoms with Crippen LogP contribution < -0.4 is 15.4 Å². The van der Waals surface area contributed by atoms with Crippen molar-refractivity contribution >= 4 is 47.8 Å². The van der Waals surface area contributed by atoms with Crippen molar-refractivity contribution in [3.8, 4) is 17.1 Å². The molecule has 1 unspecified atom stereocenters. The van der Waals surface area contributed by atoms with Crippen LogP contribution in [-0.2, 0) is 16.1 Å². The number of hydrogen-bond donors (Lipinski definition) is 3. The summed E-state index contributed by atoms with van der Waals surface area (Å²) in [7, 11) is 3.32. The zero-order valence-corrected chi connectivity index (χ0v) is 29.0. The lowest BCUT2D eigenvalue weighted by molar-refractivity contribution is -0.137. The van der Waals surface area contributed by atoms with Crippen molar-refractivity contribution in [1.29, 1.82) is 0 Å². The smallest absolute Gasteiger partial charge is 0.406 e. The number of piperidine rings is 1. The van der Waals surface area contributed by atoms with Crippen molar-refractivity contribution in [2.45, 2.75) is 51.1 Å². The van der Waals surface area contributed by atoms with E-state index in [0.717, 1.165) is 56.3 Å². The summed E-state index contributed by atoms with van der Waals surface area (Å²) in [4.78, 5) is 40.9. The lowest BCUT2D eigenvalue weighted by Crippen LogP contribution is -2.38. The van der Waals surface area contributed by atoms with E-state index in [1.165, 1.54) is 7.11 Å². The maximum atomic E-state index is 11.5. The average Bonchev–Trinajstić information content (AvgIpc) is 3.08. The summed E-state index contributed by atoms with van der Waals surface area (Å²) in [6.45, 7) is 4.72. The van der Waals surface area contributed by atoms with Gasteiger partial charge in [0.25, 0.3) is 0 Å². The van der Waals surface area contributed by atoms with E-state index in [4.69, 9.17) is 42.8 Å². The molecule has 0 bridgehead atoms. The Labute approximate surface area is 292 Å². The summed E-state index contributed by atoms with van der Waals surface area (Å²) in [5.74, 6) is 0.460. The predicted molar refractivity (Wildman–Crippen MR) is 189 cm³/mol. The number of halogens is 2. The molecule has 3 N–H and O–H groups in total. The van der Waals surface area contributed by atoms with E-state index in [9.17, 15) is 9.59 Å². The number of hydrogen-bond acceptors (Lipinski definition) is 10. The number of alkyl carbamates (subject to hydrolysis) is 1. The zero-order valence-electron chi connectivity index (χ0n) is 27.5. The summed E-state index contributed by atoms with van der Waals surface area (Å²) in [5, 5.41) is 16.0. The first-order valence-electron chi connectivity index (χ1n) is 16.2. The Bertz CT molecular complexity index is 1440. The summed E-state index contributed by atoms with van der Waals surface area (Å²) in [6.07, 6.45) is 9.33. The van der Waals surface area contributed by atoms with Crippen molar-refractivity contribution in [2.75, 3.05) is 53.4 Å². The predicted octanol–water partition coefficient (Wildman–Crippen LogP) is 5.49. The third kappa shape index (κ3) is 12.7. The Kier molecular flexibility index (Phi) is 14.9. The van der Waals surface area contributed by atoms with Gasteiger partial charge in [0.05, 0.1) is 38.3 Å². The Balaban J connectivity index is 1.49. The highest BCUT2D eigenvalue weighted by Gasteiger charge is 2.21. The molecule has 1 saturated heterocycles. The molecule has 0 radical (unpaired) electrons. The number of carboxylic acid groups (broad SMARTS) is 1. The minimum Gasteiger partial charge on any atom is -0.481 e. The summed E-state index contributed by atoms with van der Waals surface area (Å²) >= 11 is 12.7. The highest BCUT2D eigenvalue weighted by molar-refractivity contribution is 6.35. The van der Waals surface area contributed by atoms with Crippen LogP contribution in [0.5, 0.6) is 5.88 Å². The molecule has 4 rings (SSSR count). The van der Waals surface area contributed by atoms with Gasteiger partial charge in [0.2, 0.25) is 5.88 Å². The third-order valence-electron chi connectivity index (χ3n) is 8.38.